The number of aryl methyl sites for hydroxylation is 1. The monoisotopic (exact) mass is 489 g/mol. The predicted molar refractivity (Wildman–Crippen MR) is 139 cm³/mol. The standard InChI is InChI=1S/C29H28FNO3S/c1-18-11-13-31(17-18)14-12-20-3-7-23(8-4-20)34-28-25-10-6-22(32)16-26(25)35-29(28)27(33)24-9-5-21(30)15-19(24)2/h3-10,15-16,18,32H,11-14,17H2,1-2H3/t18-/m0/s1. The lowest BCUT2D eigenvalue weighted by Gasteiger charge is -2.15. The van der Waals surface area contributed by atoms with Crippen molar-refractivity contribution in [2.75, 3.05) is 19.6 Å². The highest BCUT2D eigenvalue weighted by Crippen LogP contribution is 2.43. The van der Waals surface area contributed by atoms with Gasteiger partial charge in [-0.15, -0.1) is 11.3 Å². The molecule has 0 amide bonds. The van der Waals surface area contributed by atoms with Crippen LogP contribution in [0.1, 0.15) is 39.7 Å². The SMILES string of the molecule is Cc1cc(F)ccc1C(=O)c1sc2cc(O)ccc2c1Oc1ccc(CCN2CC[C@H](C)C2)cc1. The molecule has 0 radical (unpaired) electrons. The van der Waals surface area contributed by atoms with E-state index in [9.17, 15) is 14.3 Å². The molecule has 2 heterocycles. The number of carbonyl (C=O) groups is 1. The molecule has 1 aliphatic rings. The second-order valence-corrected chi connectivity index (χ2v) is 10.5. The fourth-order valence-electron chi connectivity index (χ4n) is 4.68. The van der Waals surface area contributed by atoms with Crippen molar-refractivity contribution in [2.45, 2.75) is 26.7 Å². The van der Waals surface area contributed by atoms with Crippen molar-refractivity contribution in [3.63, 3.8) is 0 Å². The van der Waals surface area contributed by atoms with E-state index in [0.29, 0.717) is 27.5 Å². The predicted octanol–water partition coefficient (Wildman–Crippen LogP) is 6.96. The van der Waals surface area contributed by atoms with Gasteiger partial charge in [-0.2, -0.15) is 0 Å². The molecular weight excluding hydrogens is 461 g/mol. The highest BCUT2D eigenvalue weighted by molar-refractivity contribution is 7.21. The van der Waals surface area contributed by atoms with Crippen LogP contribution in [-0.4, -0.2) is 35.4 Å². The Morgan fingerprint density at radius 3 is 2.66 bits per heavy atom. The van der Waals surface area contributed by atoms with Gasteiger partial charge in [-0.05, 0) is 91.9 Å². The molecular formula is C29H28FNO3S. The maximum atomic E-state index is 13.6. The smallest absolute Gasteiger partial charge is 0.207 e. The van der Waals surface area contributed by atoms with E-state index < -0.39 is 0 Å². The van der Waals surface area contributed by atoms with Crippen molar-refractivity contribution in [2.24, 2.45) is 5.92 Å². The highest BCUT2D eigenvalue weighted by Gasteiger charge is 2.24. The number of likely N-dealkylation sites (tertiary alicyclic amines) is 1. The lowest BCUT2D eigenvalue weighted by molar-refractivity contribution is 0.104. The molecule has 1 atom stereocenters. The summed E-state index contributed by atoms with van der Waals surface area (Å²) in [5.74, 6) is 1.40. The summed E-state index contributed by atoms with van der Waals surface area (Å²) in [5, 5.41) is 10.7. The molecule has 1 fully saturated rings. The number of nitrogens with zero attached hydrogens (tertiary/aromatic N) is 1. The molecule has 3 aromatic carbocycles. The molecule has 180 valence electrons. The number of carbonyl (C=O) groups excluding carboxylic acids is 1. The summed E-state index contributed by atoms with van der Waals surface area (Å²) in [6, 6.07) is 17.1. The Kier molecular flexibility index (Phi) is 6.58. The lowest BCUT2D eigenvalue weighted by Crippen LogP contribution is -2.22. The first-order valence-electron chi connectivity index (χ1n) is 11.9. The van der Waals surface area contributed by atoms with Crippen molar-refractivity contribution in [1.82, 2.24) is 4.90 Å². The highest BCUT2D eigenvalue weighted by atomic mass is 32.1. The van der Waals surface area contributed by atoms with Gasteiger partial charge in [0.1, 0.15) is 22.2 Å². The Morgan fingerprint density at radius 1 is 1.14 bits per heavy atom. The maximum absolute atomic E-state index is 13.6. The van der Waals surface area contributed by atoms with Crippen LogP contribution in [0.3, 0.4) is 0 Å². The van der Waals surface area contributed by atoms with Crippen LogP contribution in [-0.2, 0) is 6.42 Å². The number of halogens is 1. The zero-order chi connectivity index (χ0) is 24.5. The second-order valence-electron chi connectivity index (χ2n) is 9.42. The van der Waals surface area contributed by atoms with Gasteiger partial charge in [-0.1, -0.05) is 19.1 Å². The molecule has 0 saturated carbocycles. The average Bonchev–Trinajstić information content (AvgIpc) is 3.41. The molecule has 4 aromatic rings. The molecule has 0 aliphatic carbocycles. The molecule has 0 spiro atoms. The molecule has 0 unspecified atom stereocenters. The summed E-state index contributed by atoms with van der Waals surface area (Å²) in [4.78, 5) is 16.4. The number of hydrogen-bond acceptors (Lipinski definition) is 5. The van der Waals surface area contributed by atoms with Gasteiger partial charge in [0, 0.05) is 28.7 Å². The van der Waals surface area contributed by atoms with Gasteiger partial charge in [0.05, 0.1) is 0 Å². The normalized spacial score (nSPS) is 16.1. The first kappa shape index (κ1) is 23.5. The number of hydrogen-bond donors (Lipinski definition) is 1. The van der Waals surface area contributed by atoms with E-state index in [1.807, 2.05) is 12.1 Å². The van der Waals surface area contributed by atoms with E-state index in [-0.39, 0.29) is 17.3 Å². The molecule has 6 heteroatoms. The summed E-state index contributed by atoms with van der Waals surface area (Å²) in [6.45, 7) is 7.42. The quantitative estimate of drug-likeness (QED) is 0.285. The van der Waals surface area contributed by atoms with E-state index in [1.54, 1.807) is 25.1 Å². The number of phenolic OH excluding ortho intramolecular Hbond substituents is 1. The summed E-state index contributed by atoms with van der Waals surface area (Å²) >= 11 is 1.26. The Morgan fingerprint density at radius 2 is 1.94 bits per heavy atom. The third kappa shape index (κ3) is 5.09. The molecule has 1 N–H and O–H groups in total. The number of benzene rings is 3. The summed E-state index contributed by atoms with van der Waals surface area (Å²) in [6.07, 6.45) is 2.26. The lowest BCUT2D eigenvalue weighted by atomic mass is 10.0. The molecule has 0 bridgehead atoms. The first-order chi connectivity index (χ1) is 16.9. The van der Waals surface area contributed by atoms with Gasteiger partial charge in [-0.25, -0.2) is 4.39 Å². The van der Waals surface area contributed by atoms with E-state index in [1.165, 1.54) is 54.6 Å². The minimum absolute atomic E-state index is 0.124. The Bertz CT molecular complexity index is 1380. The Hall–Kier alpha value is -3.22. The molecule has 35 heavy (non-hydrogen) atoms. The number of ether oxygens (including phenoxy) is 1. The largest absolute Gasteiger partial charge is 0.508 e. The first-order valence-corrected chi connectivity index (χ1v) is 12.7. The second kappa shape index (κ2) is 9.80. The van der Waals surface area contributed by atoms with Crippen LogP contribution in [0, 0.1) is 18.7 Å². The Labute approximate surface area is 208 Å². The van der Waals surface area contributed by atoms with Crippen LogP contribution in [0.15, 0.2) is 60.7 Å². The third-order valence-electron chi connectivity index (χ3n) is 6.64. The van der Waals surface area contributed by atoms with E-state index in [2.05, 4.69) is 24.0 Å². The topological polar surface area (TPSA) is 49.8 Å². The van der Waals surface area contributed by atoms with Gasteiger partial charge < -0.3 is 14.7 Å². The number of rotatable bonds is 7. The van der Waals surface area contributed by atoms with Crippen LogP contribution >= 0.6 is 11.3 Å². The number of thiophene rings is 1. The number of aromatic hydroxyl groups is 1. The zero-order valence-electron chi connectivity index (χ0n) is 19.9. The van der Waals surface area contributed by atoms with Crippen LogP contribution in [0.4, 0.5) is 4.39 Å². The van der Waals surface area contributed by atoms with Crippen LogP contribution in [0.5, 0.6) is 17.2 Å². The fourth-order valence-corrected chi connectivity index (χ4v) is 5.79. The van der Waals surface area contributed by atoms with Gasteiger partial charge in [0.25, 0.3) is 0 Å². The van der Waals surface area contributed by atoms with E-state index in [0.717, 1.165) is 29.0 Å². The van der Waals surface area contributed by atoms with Crippen LogP contribution in [0.25, 0.3) is 10.1 Å². The summed E-state index contributed by atoms with van der Waals surface area (Å²) in [5.41, 5.74) is 2.24. The van der Waals surface area contributed by atoms with E-state index in [4.69, 9.17) is 4.74 Å². The summed E-state index contributed by atoms with van der Waals surface area (Å²) in [7, 11) is 0. The number of fused-ring (bicyclic) bond motifs is 1. The van der Waals surface area contributed by atoms with E-state index >= 15 is 0 Å². The van der Waals surface area contributed by atoms with Gasteiger partial charge in [0.15, 0.2) is 5.75 Å². The molecule has 5 rings (SSSR count). The summed E-state index contributed by atoms with van der Waals surface area (Å²) < 4.78 is 20.6. The van der Waals surface area contributed by atoms with Crippen LogP contribution in [0.2, 0.25) is 0 Å². The van der Waals surface area contributed by atoms with Gasteiger partial charge >= 0.3 is 0 Å². The molecule has 1 saturated heterocycles. The van der Waals surface area contributed by atoms with Gasteiger partial charge in [0.2, 0.25) is 5.78 Å². The molecule has 4 nitrogen and oxygen atoms in total. The van der Waals surface area contributed by atoms with Crippen LogP contribution < -0.4 is 4.74 Å². The Balaban J connectivity index is 1.41. The van der Waals surface area contributed by atoms with Crippen molar-refractivity contribution in [1.29, 1.82) is 0 Å². The molecule has 1 aliphatic heterocycles. The zero-order valence-corrected chi connectivity index (χ0v) is 20.7. The average molecular weight is 490 g/mol. The third-order valence-corrected chi connectivity index (χ3v) is 7.77. The van der Waals surface area contributed by atoms with Crippen molar-refractivity contribution in [3.05, 3.63) is 88.0 Å². The maximum Gasteiger partial charge on any atom is 0.207 e. The minimum Gasteiger partial charge on any atom is -0.508 e. The van der Waals surface area contributed by atoms with Crippen molar-refractivity contribution in [3.8, 4) is 17.2 Å². The van der Waals surface area contributed by atoms with Gasteiger partial charge in [-0.3, -0.25) is 4.79 Å². The van der Waals surface area contributed by atoms with Crippen molar-refractivity contribution < 1.29 is 19.0 Å². The number of ketones is 1. The molecule has 1 aromatic heterocycles. The van der Waals surface area contributed by atoms with Crippen molar-refractivity contribution >= 4 is 27.2 Å². The fraction of sp³-hybridized carbons (Fsp3) is 0.276. The number of phenols is 1. The minimum atomic E-state index is -0.379.